The van der Waals surface area contributed by atoms with Gasteiger partial charge >= 0.3 is 0 Å². The fourth-order valence-corrected chi connectivity index (χ4v) is 2.08. The number of phenols is 1. The van der Waals surface area contributed by atoms with Crippen molar-refractivity contribution in [3.05, 3.63) is 29.3 Å². The first kappa shape index (κ1) is 11.9. The lowest BCUT2D eigenvalue weighted by Gasteiger charge is -2.22. The first-order valence-corrected chi connectivity index (χ1v) is 5.73. The first-order valence-electron chi connectivity index (χ1n) is 5.73. The molecular formula is C13H18N2O2. The second-order valence-corrected chi connectivity index (χ2v) is 5.33. The standard InChI is InChI=1S/C13H18N2O2/c1-13(2,14)6-12(17)15-7-9-4-3-5-11(16)10(9)8-15/h3-5,16H,6-8,14H2,1-2H3. The molecule has 1 aromatic carbocycles. The molecule has 1 aliphatic heterocycles. The van der Waals surface area contributed by atoms with Crippen molar-refractivity contribution >= 4 is 5.91 Å². The lowest BCUT2D eigenvalue weighted by Crippen LogP contribution is -2.39. The van der Waals surface area contributed by atoms with E-state index in [0.717, 1.165) is 11.1 Å². The fourth-order valence-electron chi connectivity index (χ4n) is 2.08. The van der Waals surface area contributed by atoms with Crippen molar-refractivity contribution in [1.82, 2.24) is 4.90 Å². The monoisotopic (exact) mass is 234 g/mol. The maximum atomic E-state index is 12.0. The minimum absolute atomic E-state index is 0.0353. The number of carbonyl (C=O) groups is 1. The molecule has 1 amide bonds. The Morgan fingerprint density at radius 2 is 2.18 bits per heavy atom. The summed E-state index contributed by atoms with van der Waals surface area (Å²) in [6.45, 7) is 4.73. The number of fused-ring (bicyclic) bond motifs is 1. The quantitative estimate of drug-likeness (QED) is 0.812. The minimum atomic E-state index is -0.492. The van der Waals surface area contributed by atoms with Crippen LogP contribution in [0.1, 0.15) is 31.4 Å². The summed E-state index contributed by atoms with van der Waals surface area (Å²) in [5.74, 6) is 0.304. The number of hydrogen-bond acceptors (Lipinski definition) is 3. The van der Waals surface area contributed by atoms with Gasteiger partial charge in [-0.05, 0) is 25.5 Å². The van der Waals surface area contributed by atoms with Gasteiger partial charge in [-0.1, -0.05) is 12.1 Å². The van der Waals surface area contributed by atoms with Crippen LogP contribution in [0.3, 0.4) is 0 Å². The predicted molar refractivity (Wildman–Crippen MR) is 65.2 cm³/mol. The summed E-state index contributed by atoms with van der Waals surface area (Å²) in [5, 5.41) is 9.70. The fraction of sp³-hybridized carbons (Fsp3) is 0.462. The van der Waals surface area contributed by atoms with Crippen molar-refractivity contribution in [2.75, 3.05) is 0 Å². The topological polar surface area (TPSA) is 66.6 Å². The van der Waals surface area contributed by atoms with Crippen molar-refractivity contribution in [2.45, 2.75) is 38.9 Å². The van der Waals surface area contributed by atoms with Crippen LogP contribution >= 0.6 is 0 Å². The summed E-state index contributed by atoms with van der Waals surface area (Å²) in [4.78, 5) is 13.7. The van der Waals surface area contributed by atoms with Crippen molar-refractivity contribution in [3.8, 4) is 5.75 Å². The minimum Gasteiger partial charge on any atom is -0.508 e. The zero-order valence-corrected chi connectivity index (χ0v) is 10.2. The normalized spacial score (nSPS) is 14.9. The second kappa shape index (κ2) is 4.04. The van der Waals surface area contributed by atoms with Crippen LogP contribution in [0.2, 0.25) is 0 Å². The number of aromatic hydroxyl groups is 1. The Bertz CT molecular complexity index is 449. The largest absolute Gasteiger partial charge is 0.508 e. The molecule has 0 atom stereocenters. The SMILES string of the molecule is CC(C)(N)CC(=O)N1Cc2cccc(O)c2C1. The van der Waals surface area contributed by atoms with Crippen LogP contribution < -0.4 is 5.73 Å². The summed E-state index contributed by atoms with van der Waals surface area (Å²) in [6, 6.07) is 5.39. The van der Waals surface area contributed by atoms with E-state index in [4.69, 9.17) is 5.73 Å². The highest BCUT2D eigenvalue weighted by atomic mass is 16.3. The molecule has 1 heterocycles. The molecule has 0 unspecified atom stereocenters. The smallest absolute Gasteiger partial charge is 0.225 e. The number of carbonyl (C=O) groups excluding carboxylic acids is 1. The zero-order valence-electron chi connectivity index (χ0n) is 10.2. The third-order valence-corrected chi connectivity index (χ3v) is 2.92. The molecule has 1 aliphatic rings. The van der Waals surface area contributed by atoms with Gasteiger partial charge in [0.25, 0.3) is 0 Å². The molecule has 17 heavy (non-hydrogen) atoms. The number of nitrogens with zero attached hydrogens (tertiary/aromatic N) is 1. The number of amides is 1. The van der Waals surface area contributed by atoms with Crippen molar-refractivity contribution in [2.24, 2.45) is 5.73 Å². The number of benzene rings is 1. The molecule has 0 bridgehead atoms. The number of rotatable bonds is 2. The molecule has 0 aliphatic carbocycles. The number of hydrogen-bond donors (Lipinski definition) is 2. The van der Waals surface area contributed by atoms with Gasteiger partial charge in [0.15, 0.2) is 0 Å². The lowest BCUT2D eigenvalue weighted by molar-refractivity contribution is -0.132. The Hall–Kier alpha value is -1.55. The van der Waals surface area contributed by atoms with Gasteiger partial charge in [-0.3, -0.25) is 4.79 Å². The molecule has 0 saturated heterocycles. The zero-order chi connectivity index (χ0) is 12.6. The van der Waals surface area contributed by atoms with Crippen molar-refractivity contribution < 1.29 is 9.90 Å². The van der Waals surface area contributed by atoms with Gasteiger partial charge in [0.05, 0.1) is 0 Å². The van der Waals surface area contributed by atoms with Crippen LogP contribution in [0.15, 0.2) is 18.2 Å². The van der Waals surface area contributed by atoms with Crippen LogP contribution in [0, 0.1) is 0 Å². The van der Waals surface area contributed by atoms with E-state index in [1.807, 2.05) is 19.9 Å². The van der Waals surface area contributed by atoms with Gasteiger partial charge in [-0.2, -0.15) is 0 Å². The van der Waals surface area contributed by atoms with Crippen LogP contribution in [-0.2, 0) is 17.9 Å². The van der Waals surface area contributed by atoms with Gasteiger partial charge in [-0.15, -0.1) is 0 Å². The van der Waals surface area contributed by atoms with E-state index in [1.54, 1.807) is 17.0 Å². The van der Waals surface area contributed by atoms with Crippen LogP contribution in [-0.4, -0.2) is 21.5 Å². The summed E-state index contributed by atoms with van der Waals surface area (Å²) in [5.41, 5.74) is 7.23. The van der Waals surface area contributed by atoms with Crippen molar-refractivity contribution in [3.63, 3.8) is 0 Å². The van der Waals surface area contributed by atoms with E-state index in [2.05, 4.69) is 0 Å². The molecule has 2 rings (SSSR count). The van der Waals surface area contributed by atoms with E-state index >= 15 is 0 Å². The Morgan fingerprint density at radius 3 is 2.76 bits per heavy atom. The highest BCUT2D eigenvalue weighted by Gasteiger charge is 2.27. The summed E-state index contributed by atoms with van der Waals surface area (Å²) < 4.78 is 0. The molecular weight excluding hydrogens is 216 g/mol. The highest BCUT2D eigenvalue weighted by Crippen LogP contribution is 2.30. The molecule has 0 fully saturated rings. The molecule has 3 N–H and O–H groups in total. The third-order valence-electron chi connectivity index (χ3n) is 2.92. The molecule has 4 heteroatoms. The van der Waals surface area contributed by atoms with E-state index in [1.165, 1.54) is 0 Å². The molecule has 1 aromatic rings. The van der Waals surface area contributed by atoms with E-state index in [9.17, 15) is 9.90 Å². The van der Waals surface area contributed by atoms with E-state index < -0.39 is 5.54 Å². The van der Waals surface area contributed by atoms with E-state index in [0.29, 0.717) is 19.5 Å². The average molecular weight is 234 g/mol. The Labute approximate surface area is 101 Å². The van der Waals surface area contributed by atoms with Crippen molar-refractivity contribution in [1.29, 1.82) is 0 Å². The summed E-state index contributed by atoms with van der Waals surface area (Å²) in [7, 11) is 0. The molecule has 0 radical (unpaired) electrons. The Kier molecular flexibility index (Phi) is 2.83. The summed E-state index contributed by atoms with van der Waals surface area (Å²) in [6.07, 6.45) is 0.321. The molecule has 0 aromatic heterocycles. The van der Waals surface area contributed by atoms with Crippen LogP contribution in [0.4, 0.5) is 0 Å². The van der Waals surface area contributed by atoms with Gasteiger partial charge in [-0.25, -0.2) is 0 Å². The predicted octanol–water partition coefficient (Wildman–Crippen LogP) is 1.36. The Morgan fingerprint density at radius 1 is 1.47 bits per heavy atom. The average Bonchev–Trinajstić information content (AvgIpc) is 2.60. The van der Waals surface area contributed by atoms with Crippen LogP contribution in [0.25, 0.3) is 0 Å². The van der Waals surface area contributed by atoms with Gasteiger partial charge in [0, 0.05) is 30.6 Å². The molecule has 0 spiro atoms. The first-order chi connectivity index (χ1) is 7.87. The molecule has 0 saturated carbocycles. The van der Waals surface area contributed by atoms with Gasteiger partial charge in [0.2, 0.25) is 5.91 Å². The molecule has 4 nitrogen and oxygen atoms in total. The Balaban J connectivity index is 2.10. The maximum Gasteiger partial charge on any atom is 0.225 e. The van der Waals surface area contributed by atoms with Crippen LogP contribution in [0.5, 0.6) is 5.75 Å². The number of phenolic OH excluding ortho intramolecular Hbond substituents is 1. The third kappa shape index (κ3) is 2.58. The number of nitrogens with two attached hydrogens (primary N) is 1. The lowest BCUT2D eigenvalue weighted by atomic mass is 10.0. The maximum absolute atomic E-state index is 12.0. The second-order valence-electron chi connectivity index (χ2n) is 5.33. The highest BCUT2D eigenvalue weighted by molar-refractivity contribution is 5.78. The molecule has 92 valence electrons. The van der Waals surface area contributed by atoms with Gasteiger partial charge in [0.1, 0.15) is 5.75 Å². The summed E-state index contributed by atoms with van der Waals surface area (Å²) >= 11 is 0. The van der Waals surface area contributed by atoms with E-state index in [-0.39, 0.29) is 11.7 Å². The van der Waals surface area contributed by atoms with Gasteiger partial charge < -0.3 is 15.7 Å².